The van der Waals surface area contributed by atoms with Crippen LogP contribution in [0.3, 0.4) is 0 Å². The lowest BCUT2D eigenvalue weighted by atomic mass is 9.80. The standard InChI is InChI=1S/C14H16BClN2O2/c1-13(2)14(3,4)20-15(19-13)10-7-9-5-6-11(16)18-12(9)17-8-10/h5-8H,1-4H3. The number of pyridine rings is 2. The summed E-state index contributed by atoms with van der Waals surface area (Å²) in [5.74, 6) is 0. The van der Waals surface area contributed by atoms with Gasteiger partial charge in [-0.05, 0) is 45.9 Å². The second-order valence-corrected chi connectivity index (χ2v) is 6.42. The van der Waals surface area contributed by atoms with E-state index in [1.54, 1.807) is 12.3 Å². The van der Waals surface area contributed by atoms with Crippen molar-refractivity contribution in [1.29, 1.82) is 0 Å². The fraction of sp³-hybridized carbons (Fsp3) is 0.429. The third-order valence-electron chi connectivity index (χ3n) is 4.05. The van der Waals surface area contributed by atoms with Gasteiger partial charge in [0.25, 0.3) is 0 Å². The molecule has 20 heavy (non-hydrogen) atoms. The summed E-state index contributed by atoms with van der Waals surface area (Å²) in [5, 5.41) is 1.36. The molecule has 0 amide bonds. The Morgan fingerprint density at radius 2 is 1.75 bits per heavy atom. The van der Waals surface area contributed by atoms with Crippen LogP contribution in [-0.2, 0) is 9.31 Å². The van der Waals surface area contributed by atoms with Crippen LogP contribution in [0.5, 0.6) is 0 Å². The van der Waals surface area contributed by atoms with Crippen LogP contribution < -0.4 is 5.46 Å². The minimum absolute atomic E-state index is 0.356. The van der Waals surface area contributed by atoms with E-state index in [4.69, 9.17) is 20.9 Å². The highest BCUT2D eigenvalue weighted by Crippen LogP contribution is 2.36. The number of aromatic nitrogens is 2. The van der Waals surface area contributed by atoms with Gasteiger partial charge in [-0.2, -0.15) is 0 Å². The van der Waals surface area contributed by atoms with E-state index in [1.165, 1.54) is 0 Å². The summed E-state index contributed by atoms with van der Waals surface area (Å²) in [6.07, 6.45) is 1.73. The quantitative estimate of drug-likeness (QED) is 0.598. The van der Waals surface area contributed by atoms with Crippen molar-refractivity contribution in [1.82, 2.24) is 9.97 Å². The highest BCUT2D eigenvalue weighted by atomic mass is 35.5. The zero-order chi connectivity index (χ0) is 14.5. The van der Waals surface area contributed by atoms with E-state index in [0.29, 0.717) is 10.8 Å². The van der Waals surface area contributed by atoms with Crippen LogP contribution in [0.2, 0.25) is 5.15 Å². The molecule has 0 atom stereocenters. The molecule has 2 aromatic heterocycles. The normalized spacial score (nSPS) is 20.6. The first kappa shape index (κ1) is 13.8. The van der Waals surface area contributed by atoms with Crippen LogP contribution in [0, 0.1) is 0 Å². The number of fused-ring (bicyclic) bond motifs is 1. The van der Waals surface area contributed by atoms with Gasteiger partial charge in [-0.25, -0.2) is 9.97 Å². The SMILES string of the molecule is CC1(C)OB(c2cnc3nc(Cl)ccc3c2)OC1(C)C. The van der Waals surface area contributed by atoms with Crippen molar-refractivity contribution >= 4 is 35.2 Å². The first-order valence-electron chi connectivity index (χ1n) is 6.56. The molecule has 3 heterocycles. The Morgan fingerprint density at radius 3 is 2.40 bits per heavy atom. The van der Waals surface area contributed by atoms with E-state index in [-0.39, 0.29) is 11.2 Å². The van der Waals surface area contributed by atoms with E-state index < -0.39 is 7.12 Å². The van der Waals surface area contributed by atoms with E-state index in [2.05, 4.69) is 9.97 Å². The Balaban J connectivity index is 1.98. The van der Waals surface area contributed by atoms with Gasteiger partial charge in [-0.15, -0.1) is 0 Å². The third kappa shape index (κ3) is 2.20. The van der Waals surface area contributed by atoms with Gasteiger partial charge >= 0.3 is 7.12 Å². The van der Waals surface area contributed by atoms with E-state index in [0.717, 1.165) is 10.8 Å². The maximum absolute atomic E-state index is 6.01. The Hall–Kier alpha value is -1.17. The van der Waals surface area contributed by atoms with Gasteiger partial charge in [-0.1, -0.05) is 11.6 Å². The summed E-state index contributed by atoms with van der Waals surface area (Å²) in [6, 6.07) is 5.62. The summed E-state index contributed by atoms with van der Waals surface area (Å²) < 4.78 is 12.0. The molecule has 0 radical (unpaired) electrons. The monoisotopic (exact) mass is 290 g/mol. The minimum Gasteiger partial charge on any atom is -0.399 e. The van der Waals surface area contributed by atoms with Crippen LogP contribution in [0.1, 0.15) is 27.7 Å². The maximum atomic E-state index is 6.01. The molecule has 0 aliphatic carbocycles. The van der Waals surface area contributed by atoms with Crippen molar-refractivity contribution in [3.63, 3.8) is 0 Å². The Bertz CT molecular complexity index is 659. The van der Waals surface area contributed by atoms with Crippen LogP contribution in [0.15, 0.2) is 24.4 Å². The molecular formula is C14H16BClN2O2. The Morgan fingerprint density at radius 1 is 1.10 bits per heavy atom. The first-order chi connectivity index (χ1) is 9.28. The van der Waals surface area contributed by atoms with Gasteiger partial charge in [0.15, 0.2) is 5.65 Å². The predicted octanol–water partition coefficient (Wildman–Crippen LogP) is 2.58. The molecule has 1 aliphatic heterocycles. The predicted molar refractivity (Wildman–Crippen MR) is 80.3 cm³/mol. The topological polar surface area (TPSA) is 44.2 Å². The number of rotatable bonds is 1. The summed E-state index contributed by atoms with van der Waals surface area (Å²) >= 11 is 5.86. The fourth-order valence-corrected chi connectivity index (χ4v) is 2.26. The molecule has 0 bridgehead atoms. The molecular weight excluding hydrogens is 274 g/mol. The summed E-state index contributed by atoms with van der Waals surface area (Å²) in [6.45, 7) is 8.12. The smallest absolute Gasteiger partial charge is 0.399 e. The molecule has 104 valence electrons. The third-order valence-corrected chi connectivity index (χ3v) is 4.27. The van der Waals surface area contributed by atoms with Gasteiger partial charge in [-0.3, -0.25) is 0 Å². The van der Waals surface area contributed by atoms with E-state index >= 15 is 0 Å². The Kier molecular flexibility index (Phi) is 3.05. The van der Waals surface area contributed by atoms with Crippen molar-refractivity contribution in [3.8, 4) is 0 Å². The average Bonchev–Trinajstić information content (AvgIpc) is 2.58. The average molecular weight is 291 g/mol. The molecule has 1 fully saturated rings. The van der Waals surface area contributed by atoms with Gasteiger partial charge < -0.3 is 9.31 Å². The zero-order valence-corrected chi connectivity index (χ0v) is 12.7. The maximum Gasteiger partial charge on any atom is 0.496 e. The molecule has 6 heteroatoms. The van der Waals surface area contributed by atoms with Crippen LogP contribution in [0.25, 0.3) is 11.0 Å². The van der Waals surface area contributed by atoms with Gasteiger partial charge in [0, 0.05) is 17.0 Å². The van der Waals surface area contributed by atoms with Crippen molar-refractivity contribution in [3.05, 3.63) is 29.5 Å². The lowest BCUT2D eigenvalue weighted by Crippen LogP contribution is -2.41. The molecule has 0 unspecified atom stereocenters. The summed E-state index contributed by atoms with van der Waals surface area (Å²) in [5.41, 5.74) is 0.800. The van der Waals surface area contributed by atoms with Crippen molar-refractivity contribution in [2.75, 3.05) is 0 Å². The van der Waals surface area contributed by atoms with Crippen molar-refractivity contribution < 1.29 is 9.31 Å². The van der Waals surface area contributed by atoms with Crippen LogP contribution >= 0.6 is 11.6 Å². The van der Waals surface area contributed by atoms with Crippen LogP contribution in [0.4, 0.5) is 0 Å². The fourth-order valence-electron chi connectivity index (χ4n) is 2.11. The van der Waals surface area contributed by atoms with Gasteiger partial charge in [0.2, 0.25) is 0 Å². The van der Waals surface area contributed by atoms with Crippen molar-refractivity contribution in [2.45, 2.75) is 38.9 Å². The van der Waals surface area contributed by atoms with Crippen molar-refractivity contribution in [2.24, 2.45) is 0 Å². The van der Waals surface area contributed by atoms with Gasteiger partial charge in [0.05, 0.1) is 11.2 Å². The summed E-state index contributed by atoms with van der Waals surface area (Å²) in [4.78, 5) is 8.50. The molecule has 0 N–H and O–H groups in total. The molecule has 0 spiro atoms. The molecule has 0 aromatic carbocycles. The number of nitrogens with zero attached hydrogens (tertiary/aromatic N) is 2. The second kappa shape index (κ2) is 4.42. The molecule has 2 aromatic rings. The zero-order valence-electron chi connectivity index (χ0n) is 12.0. The first-order valence-corrected chi connectivity index (χ1v) is 6.94. The van der Waals surface area contributed by atoms with Crippen LogP contribution in [-0.4, -0.2) is 28.3 Å². The number of hydrogen-bond acceptors (Lipinski definition) is 4. The molecule has 4 nitrogen and oxygen atoms in total. The number of halogens is 1. The number of hydrogen-bond donors (Lipinski definition) is 0. The second-order valence-electron chi connectivity index (χ2n) is 6.04. The largest absolute Gasteiger partial charge is 0.496 e. The lowest BCUT2D eigenvalue weighted by Gasteiger charge is -2.32. The Labute approximate surface area is 123 Å². The highest BCUT2D eigenvalue weighted by molar-refractivity contribution is 6.62. The summed E-state index contributed by atoms with van der Waals surface area (Å²) in [7, 11) is -0.410. The molecule has 0 saturated carbocycles. The van der Waals surface area contributed by atoms with Gasteiger partial charge in [0.1, 0.15) is 5.15 Å². The lowest BCUT2D eigenvalue weighted by molar-refractivity contribution is 0.00578. The highest BCUT2D eigenvalue weighted by Gasteiger charge is 2.51. The van der Waals surface area contributed by atoms with E-state index in [1.807, 2.05) is 39.8 Å². The molecule has 1 aliphatic rings. The molecule has 1 saturated heterocycles. The minimum atomic E-state index is -0.410. The molecule has 3 rings (SSSR count). The van der Waals surface area contributed by atoms with E-state index in [9.17, 15) is 0 Å².